The van der Waals surface area contributed by atoms with E-state index in [2.05, 4.69) is 5.32 Å². The summed E-state index contributed by atoms with van der Waals surface area (Å²) in [5.41, 5.74) is 0. The molecular formula is C12H20N2O4. The highest BCUT2D eigenvalue weighted by molar-refractivity contribution is 6.05. The van der Waals surface area contributed by atoms with E-state index in [4.69, 9.17) is 4.74 Å². The maximum absolute atomic E-state index is 11.8. The number of rotatable bonds is 7. The summed E-state index contributed by atoms with van der Waals surface area (Å²) in [5, 5.41) is 2.93. The Balaban J connectivity index is 2.34. The SMILES string of the molecule is CCCN1C(=O)CC(NCCC(=O)OCC)C1=O. The van der Waals surface area contributed by atoms with Crippen LogP contribution < -0.4 is 5.32 Å². The third-order valence-electron chi connectivity index (χ3n) is 2.72. The van der Waals surface area contributed by atoms with Crippen LogP contribution in [0.4, 0.5) is 0 Å². The summed E-state index contributed by atoms with van der Waals surface area (Å²) in [6, 6.07) is -0.488. The Kier molecular flexibility index (Phi) is 5.77. The van der Waals surface area contributed by atoms with Gasteiger partial charge in [-0.1, -0.05) is 6.92 Å². The molecule has 1 atom stereocenters. The maximum Gasteiger partial charge on any atom is 0.307 e. The molecule has 0 saturated carbocycles. The molecule has 0 aliphatic carbocycles. The van der Waals surface area contributed by atoms with Crippen molar-refractivity contribution in [3.63, 3.8) is 0 Å². The number of imide groups is 1. The van der Waals surface area contributed by atoms with Crippen LogP contribution in [0.3, 0.4) is 0 Å². The zero-order chi connectivity index (χ0) is 13.5. The molecule has 0 aromatic heterocycles. The van der Waals surface area contributed by atoms with Gasteiger partial charge < -0.3 is 10.1 Å². The van der Waals surface area contributed by atoms with E-state index in [0.29, 0.717) is 19.7 Å². The topological polar surface area (TPSA) is 75.7 Å². The second-order valence-electron chi connectivity index (χ2n) is 4.15. The molecule has 1 saturated heterocycles. The monoisotopic (exact) mass is 256 g/mol. The number of hydrogen-bond donors (Lipinski definition) is 1. The van der Waals surface area contributed by atoms with Gasteiger partial charge in [-0.05, 0) is 13.3 Å². The lowest BCUT2D eigenvalue weighted by molar-refractivity contribution is -0.143. The van der Waals surface area contributed by atoms with Gasteiger partial charge in [-0.2, -0.15) is 0 Å². The fourth-order valence-electron chi connectivity index (χ4n) is 1.88. The molecule has 1 N–H and O–H groups in total. The van der Waals surface area contributed by atoms with Crippen LogP contribution >= 0.6 is 0 Å². The molecule has 1 aliphatic heterocycles. The minimum atomic E-state index is -0.488. The number of esters is 1. The highest BCUT2D eigenvalue weighted by Crippen LogP contribution is 2.13. The van der Waals surface area contributed by atoms with E-state index in [1.54, 1.807) is 6.92 Å². The summed E-state index contributed by atoms with van der Waals surface area (Å²) >= 11 is 0. The molecular weight excluding hydrogens is 236 g/mol. The highest BCUT2D eigenvalue weighted by Gasteiger charge is 2.37. The molecule has 6 heteroatoms. The molecule has 6 nitrogen and oxygen atoms in total. The maximum atomic E-state index is 11.8. The second-order valence-corrected chi connectivity index (χ2v) is 4.15. The minimum Gasteiger partial charge on any atom is -0.466 e. The number of ether oxygens (including phenoxy) is 1. The largest absolute Gasteiger partial charge is 0.466 e. The number of nitrogens with zero attached hydrogens (tertiary/aromatic N) is 1. The molecule has 1 fully saturated rings. The van der Waals surface area contributed by atoms with E-state index in [0.717, 1.165) is 6.42 Å². The van der Waals surface area contributed by atoms with E-state index in [-0.39, 0.29) is 30.6 Å². The first-order chi connectivity index (χ1) is 8.60. The van der Waals surface area contributed by atoms with Crippen molar-refractivity contribution in [2.45, 2.75) is 39.2 Å². The van der Waals surface area contributed by atoms with Gasteiger partial charge in [0.25, 0.3) is 0 Å². The lowest BCUT2D eigenvalue weighted by Gasteiger charge is -2.14. The van der Waals surface area contributed by atoms with Crippen molar-refractivity contribution in [3.05, 3.63) is 0 Å². The Hall–Kier alpha value is -1.43. The molecule has 102 valence electrons. The van der Waals surface area contributed by atoms with E-state index >= 15 is 0 Å². The molecule has 18 heavy (non-hydrogen) atoms. The first-order valence-corrected chi connectivity index (χ1v) is 6.33. The van der Waals surface area contributed by atoms with Gasteiger partial charge in [-0.25, -0.2) is 0 Å². The normalized spacial score (nSPS) is 19.4. The van der Waals surface area contributed by atoms with Crippen molar-refractivity contribution in [1.82, 2.24) is 10.2 Å². The fourth-order valence-corrected chi connectivity index (χ4v) is 1.88. The number of carbonyl (C=O) groups is 3. The lowest BCUT2D eigenvalue weighted by Crippen LogP contribution is -2.39. The van der Waals surface area contributed by atoms with Crippen LogP contribution in [0.1, 0.15) is 33.1 Å². The van der Waals surface area contributed by atoms with Gasteiger partial charge in [0.15, 0.2) is 0 Å². The molecule has 1 heterocycles. The van der Waals surface area contributed by atoms with Crippen LogP contribution in [0, 0.1) is 0 Å². The van der Waals surface area contributed by atoms with Gasteiger partial charge in [0.05, 0.1) is 25.5 Å². The quantitative estimate of drug-likeness (QED) is 0.515. The summed E-state index contributed by atoms with van der Waals surface area (Å²) in [4.78, 5) is 35.8. The summed E-state index contributed by atoms with van der Waals surface area (Å²) < 4.78 is 4.77. The predicted octanol–water partition coefficient (Wildman–Crippen LogP) is 0.0667. The number of amides is 2. The average molecular weight is 256 g/mol. The van der Waals surface area contributed by atoms with Crippen LogP contribution in [-0.2, 0) is 19.1 Å². The van der Waals surface area contributed by atoms with E-state index in [9.17, 15) is 14.4 Å². The molecule has 0 spiro atoms. The van der Waals surface area contributed by atoms with Crippen molar-refractivity contribution >= 4 is 17.8 Å². The molecule has 0 aromatic carbocycles. The minimum absolute atomic E-state index is 0.143. The van der Waals surface area contributed by atoms with Crippen molar-refractivity contribution in [3.8, 4) is 0 Å². The van der Waals surface area contributed by atoms with Crippen molar-refractivity contribution in [2.75, 3.05) is 19.7 Å². The smallest absolute Gasteiger partial charge is 0.307 e. The van der Waals surface area contributed by atoms with Crippen LogP contribution in [-0.4, -0.2) is 48.4 Å². The summed E-state index contributed by atoms with van der Waals surface area (Å²) in [6.07, 6.45) is 1.15. The van der Waals surface area contributed by atoms with Gasteiger partial charge >= 0.3 is 5.97 Å². The second kappa shape index (κ2) is 7.10. The number of carbonyl (C=O) groups excluding carboxylic acids is 3. The van der Waals surface area contributed by atoms with Crippen molar-refractivity contribution in [2.24, 2.45) is 0 Å². The molecule has 0 radical (unpaired) electrons. The highest BCUT2D eigenvalue weighted by atomic mass is 16.5. The fraction of sp³-hybridized carbons (Fsp3) is 0.750. The zero-order valence-corrected chi connectivity index (χ0v) is 10.9. The summed E-state index contributed by atoms with van der Waals surface area (Å²) in [7, 11) is 0. The number of likely N-dealkylation sites (tertiary alicyclic amines) is 1. The average Bonchev–Trinajstić information content (AvgIpc) is 2.58. The molecule has 1 aliphatic rings. The van der Waals surface area contributed by atoms with Gasteiger partial charge in [0.2, 0.25) is 11.8 Å². The van der Waals surface area contributed by atoms with Gasteiger partial charge in [0.1, 0.15) is 0 Å². The zero-order valence-electron chi connectivity index (χ0n) is 10.9. The Bertz CT molecular complexity index is 330. The summed E-state index contributed by atoms with van der Waals surface area (Å²) in [6.45, 7) is 4.83. The Labute approximate surface area is 107 Å². The van der Waals surface area contributed by atoms with E-state index < -0.39 is 6.04 Å². The van der Waals surface area contributed by atoms with Crippen molar-refractivity contribution < 1.29 is 19.1 Å². The third kappa shape index (κ3) is 3.80. The Morgan fingerprint density at radius 3 is 2.78 bits per heavy atom. The molecule has 2 amide bonds. The molecule has 1 unspecified atom stereocenters. The van der Waals surface area contributed by atoms with Crippen LogP contribution in [0.5, 0.6) is 0 Å². The van der Waals surface area contributed by atoms with Crippen LogP contribution in [0.2, 0.25) is 0 Å². The first kappa shape index (κ1) is 14.6. The van der Waals surface area contributed by atoms with Gasteiger partial charge in [0, 0.05) is 13.1 Å². The van der Waals surface area contributed by atoms with Gasteiger partial charge in [-0.3, -0.25) is 19.3 Å². The molecule has 0 aromatic rings. The van der Waals surface area contributed by atoms with Crippen molar-refractivity contribution in [1.29, 1.82) is 0 Å². The number of hydrogen-bond acceptors (Lipinski definition) is 5. The predicted molar refractivity (Wildman–Crippen MR) is 64.7 cm³/mol. The summed E-state index contributed by atoms with van der Waals surface area (Å²) in [5.74, 6) is -0.631. The van der Waals surface area contributed by atoms with Crippen LogP contribution in [0.15, 0.2) is 0 Å². The molecule has 0 bridgehead atoms. The van der Waals surface area contributed by atoms with Crippen LogP contribution in [0.25, 0.3) is 0 Å². The van der Waals surface area contributed by atoms with E-state index in [1.807, 2.05) is 6.92 Å². The standard InChI is InChI=1S/C12H20N2O4/c1-3-7-14-10(15)8-9(12(14)17)13-6-5-11(16)18-4-2/h9,13H,3-8H2,1-2H3. The van der Waals surface area contributed by atoms with Gasteiger partial charge in [-0.15, -0.1) is 0 Å². The Morgan fingerprint density at radius 2 is 2.17 bits per heavy atom. The third-order valence-corrected chi connectivity index (χ3v) is 2.72. The van der Waals surface area contributed by atoms with E-state index in [1.165, 1.54) is 4.90 Å². The first-order valence-electron chi connectivity index (χ1n) is 6.33. The number of nitrogens with one attached hydrogen (secondary N) is 1. The Morgan fingerprint density at radius 1 is 1.44 bits per heavy atom. The molecule has 1 rings (SSSR count). The lowest BCUT2D eigenvalue weighted by atomic mass is 10.2.